The van der Waals surface area contributed by atoms with Gasteiger partial charge in [0, 0.05) is 17.7 Å². The minimum Gasteiger partial charge on any atom is -0.467 e. The molecule has 1 aliphatic carbocycles. The molecule has 1 N–H and O–H groups in total. The Morgan fingerprint density at radius 3 is 2.80 bits per heavy atom. The van der Waals surface area contributed by atoms with Crippen LogP contribution >= 0.6 is 0 Å². The molecule has 0 bridgehead atoms. The van der Waals surface area contributed by atoms with Gasteiger partial charge in [0.25, 0.3) is 0 Å². The molecule has 3 heterocycles. The highest BCUT2D eigenvalue weighted by atomic mass is 16.3. The van der Waals surface area contributed by atoms with E-state index in [0.29, 0.717) is 18.1 Å². The number of hydrogen-bond acceptors (Lipinski definition) is 5. The summed E-state index contributed by atoms with van der Waals surface area (Å²) in [7, 11) is 0. The minimum absolute atomic E-state index is 0.130. The van der Waals surface area contributed by atoms with Gasteiger partial charge in [-0.2, -0.15) is 10.1 Å². The van der Waals surface area contributed by atoms with Crippen LogP contribution in [0.15, 0.2) is 70.7 Å². The molecule has 0 fully saturated rings. The third-order valence-corrected chi connectivity index (χ3v) is 4.95. The Labute approximate surface area is 144 Å². The predicted octanol–water partition coefficient (Wildman–Crippen LogP) is 3.29. The summed E-state index contributed by atoms with van der Waals surface area (Å²) in [5.41, 5.74) is 2.85. The second-order valence-electron chi connectivity index (χ2n) is 6.40. The first kappa shape index (κ1) is 14.2. The Hall–Kier alpha value is -3.15. The summed E-state index contributed by atoms with van der Waals surface area (Å²) < 4.78 is 7.33. The number of carbonyl (C=O) groups excluding carboxylic acids is 1. The van der Waals surface area contributed by atoms with Crippen LogP contribution < -0.4 is 5.32 Å². The van der Waals surface area contributed by atoms with Crippen LogP contribution in [0.2, 0.25) is 0 Å². The van der Waals surface area contributed by atoms with Gasteiger partial charge in [0.15, 0.2) is 5.78 Å². The summed E-state index contributed by atoms with van der Waals surface area (Å²) in [4.78, 5) is 17.3. The molecule has 2 atom stereocenters. The fourth-order valence-corrected chi connectivity index (χ4v) is 3.82. The molecule has 6 nitrogen and oxygen atoms in total. The quantitative estimate of drug-likeness (QED) is 0.779. The second-order valence-corrected chi connectivity index (χ2v) is 6.40. The number of allylic oxidation sites excluding steroid dienone is 2. The monoisotopic (exact) mass is 332 g/mol. The number of rotatable bonds is 2. The summed E-state index contributed by atoms with van der Waals surface area (Å²) in [6, 6.07) is 13.5. The van der Waals surface area contributed by atoms with E-state index in [1.807, 2.05) is 30.3 Å². The summed E-state index contributed by atoms with van der Waals surface area (Å²) in [6.45, 7) is 0. The topological polar surface area (TPSA) is 73.0 Å². The van der Waals surface area contributed by atoms with Crippen molar-refractivity contribution in [1.82, 2.24) is 14.8 Å². The van der Waals surface area contributed by atoms with Crippen LogP contribution in [0.4, 0.5) is 5.95 Å². The van der Waals surface area contributed by atoms with Crippen molar-refractivity contribution in [2.24, 2.45) is 0 Å². The molecule has 124 valence electrons. The summed E-state index contributed by atoms with van der Waals surface area (Å²) in [6.07, 6.45) is 4.38. The first-order valence-corrected chi connectivity index (χ1v) is 8.32. The van der Waals surface area contributed by atoms with Crippen molar-refractivity contribution in [3.05, 3.63) is 77.6 Å². The number of carbonyl (C=O) groups is 1. The van der Waals surface area contributed by atoms with Crippen LogP contribution in [-0.4, -0.2) is 20.5 Å². The van der Waals surface area contributed by atoms with Gasteiger partial charge < -0.3 is 9.73 Å². The van der Waals surface area contributed by atoms with E-state index in [-0.39, 0.29) is 17.7 Å². The van der Waals surface area contributed by atoms with Crippen molar-refractivity contribution in [2.45, 2.75) is 24.8 Å². The minimum atomic E-state index is -0.354. The van der Waals surface area contributed by atoms with E-state index >= 15 is 0 Å². The van der Waals surface area contributed by atoms with Crippen LogP contribution in [0.3, 0.4) is 0 Å². The van der Waals surface area contributed by atoms with Crippen LogP contribution in [-0.2, 0) is 4.79 Å². The molecule has 3 aromatic rings. The lowest BCUT2D eigenvalue weighted by Crippen LogP contribution is -2.33. The maximum absolute atomic E-state index is 13.0. The zero-order chi connectivity index (χ0) is 16.8. The predicted molar refractivity (Wildman–Crippen MR) is 90.9 cm³/mol. The maximum atomic E-state index is 13.0. The van der Waals surface area contributed by atoms with E-state index in [9.17, 15) is 4.79 Å². The number of aromatic nitrogens is 3. The number of anilines is 1. The van der Waals surface area contributed by atoms with Gasteiger partial charge in [0.2, 0.25) is 5.95 Å². The van der Waals surface area contributed by atoms with Crippen molar-refractivity contribution in [1.29, 1.82) is 0 Å². The van der Waals surface area contributed by atoms with E-state index in [2.05, 4.69) is 27.5 Å². The smallest absolute Gasteiger partial charge is 0.226 e. The second kappa shape index (κ2) is 5.44. The molecule has 2 aliphatic rings. The highest BCUT2D eigenvalue weighted by Crippen LogP contribution is 2.43. The van der Waals surface area contributed by atoms with Crippen LogP contribution in [0.5, 0.6) is 0 Å². The number of fused-ring (bicyclic) bond motifs is 1. The van der Waals surface area contributed by atoms with Gasteiger partial charge in [-0.15, -0.1) is 0 Å². The lowest BCUT2D eigenvalue weighted by molar-refractivity contribution is -0.116. The summed E-state index contributed by atoms with van der Waals surface area (Å²) in [5, 5.41) is 7.60. The standard InChI is InChI=1S/C19H16N4O2/c24-15-10-13(12-5-2-1-3-6-12)9-14-17(15)18(16-7-4-8-25-16)23-19(22-14)20-11-21-23/h1-8,11,13,18H,9-10H2,(H,20,21,22)/t13-,18-/m0/s1. The number of nitrogens with zero attached hydrogens (tertiary/aromatic N) is 3. The Morgan fingerprint density at radius 1 is 1.12 bits per heavy atom. The molecule has 0 unspecified atom stereocenters. The van der Waals surface area contributed by atoms with E-state index in [1.165, 1.54) is 11.9 Å². The first-order valence-electron chi connectivity index (χ1n) is 8.32. The molecule has 0 radical (unpaired) electrons. The van der Waals surface area contributed by atoms with Crippen LogP contribution in [0.1, 0.15) is 36.1 Å². The Bertz CT molecular complexity index is 956. The van der Waals surface area contributed by atoms with E-state index in [4.69, 9.17) is 4.42 Å². The molecule has 0 amide bonds. The third-order valence-electron chi connectivity index (χ3n) is 4.95. The number of nitrogens with one attached hydrogen (secondary N) is 1. The fourth-order valence-electron chi connectivity index (χ4n) is 3.82. The zero-order valence-corrected chi connectivity index (χ0v) is 13.4. The van der Waals surface area contributed by atoms with Gasteiger partial charge in [-0.3, -0.25) is 4.79 Å². The number of Topliss-reactive ketones (excluding diaryl/α,β-unsaturated/α-hetero) is 1. The van der Waals surface area contributed by atoms with Gasteiger partial charge in [-0.1, -0.05) is 30.3 Å². The molecule has 0 saturated carbocycles. The number of hydrogen-bond donors (Lipinski definition) is 1. The van der Waals surface area contributed by atoms with E-state index in [1.54, 1.807) is 10.9 Å². The Kier molecular flexibility index (Phi) is 3.09. The number of ketones is 1. The highest BCUT2D eigenvalue weighted by molar-refractivity contribution is 6.00. The first-order chi connectivity index (χ1) is 12.3. The molecule has 0 saturated heterocycles. The fraction of sp³-hybridized carbons (Fsp3) is 0.211. The molecular weight excluding hydrogens is 316 g/mol. The average Bonchev–Trinajstić information content (AvgIpc) is 3.32. The van der Waals surface area contributed by atoms with Gasteiger partial charge in [-0.05, 0) is 30.0 Å². The van der Waals surface area contributed by atoms with Gasteiger partial charge in [0.05, 0.1) is 6.26 Å². The largest absolute Gasteiger partial charge is 0.467 e. The number of benzene rings is 1. The summed E-state index contributed by atoms with van der Waals surface area (Å²) in [5.74, 6) is 1.64. The van der Waals surface area contributed by atoms with Crippen molar-refractivity contribution < 1.29 is 9.21 Å². The Morgan fingerprint density at radius 2 is 2.00 bits per heavy atom. The Balaban J connectivity index is 1.60. The van der Waals surface area contributed by atoms with Crippen molar-refractivity contribution >= 4 is 11.7 Å². The SMILES string of the molecule is O=C1C[C@@H](c2ccccc2)CC2=C1[C@H](c1ccco1)n1ncnc1N2. The normalized spacial score (nSPS) is 22.3. The lowest BCUT2D eigenvalue weighted by Gasteiger charge is -2.34. The number of furan rings is 1. The lowest BCUT2D eigenvalue weighted by atomic mass is 9.79. The van der Waals surface area contributed by atoms with Crippen molar-refractivity contribution in [3.8, 4) is 0 Å². The summed E-state index contributed by atoms with van der Waals surface area (Å²) >= 11 is 0. The molecule has 5 rings (SSSR count). The average molecular weight is 332 g/mol. The molecule has 1 aromatic carbocycles. The molecule has 1 aliphatic heterocycles. The maximum Gasteiger partial charge on any atom is 0.226 e. The van der Waals surface area contributed by atoms with Gasteiger partial charge in [0.1, 0.15) is 18.1 Å². The van der Waals surface area contributed by atoms with E-state index in [0.717, 1.165) is 17.7 Å². The van der Waals surface area contributed by atoms with Gasteiger partial charge in [-0.25, -0.2) is 4.68 Å². The van der Waals surface area contributed by atoms with E-state index < -0.39 is 0 Å². The molecule has 0 spiro atoms. The molecule has 6 heteroatoms. The third kappa shape index (κ3) is 2.21. The molecule has 2 aromatic heterocycles. The molecule has 25 heavy (non-hydrogen) atoms. The molecular formula is C19H16N4O2. The zero-order valence-electron chi connectivity index (χ0n) is 13.4. The van der Waals surface area contributed by atoms with Gasteiger partial charge >= 0.3 is 0 Å². The van der Waals surface area contributed by atoms with Crippen molar-refractivity contribution in [2.75, 3.05) is 5.32 Å². The van der Waals surface area contributed by atoms with Crippen LogP contribution in [0, 0.1) is 0 Å². The van der Waals surface area contributed by atoms with Crippen molar-refractivity contribution in [3.63, 3.8) is 0 Å². The van der Waals surface area contributed by atoms with Crippen LogP contribution in [0.25, 0.3) is 0 Å². The highest BCUT2D eigenvalue weighted by Gasteiger charge is 2.40.